The zero-order valence-electron chi connectivity index (χ0n) is 6.71. The third-order valence-electron chi connectivity index (χ3n) is 1.97. The molecule has 0 aromatic rings. The zero-order valence-corrected chi connectivity index (χ0v) is 7.53. The molecule has 1 fully saturated rings. The molecule has 11 heavy (non-hydrogen) atoms. The van der Waals surface area contributed by atoms with Gasteiger partial charge >= 0.3 is 0 Å². The fourth-order valence-electron chi connectivity index (χ4n) is 1.29. The molecule has 1 heterocycles. The number of hydrogen-bond donors (Lipinski definition) is 2. The predicted molar refractivity (Wildman–Crippen MR) is 48.0 cm³/mol. The van der Waals surface area contributed by atoms with Crippen molar-refractivity contribution in [3.8, 4) is 0 Å². The molecule has 0 radical (unpaired) electrons. The first-order valence-corrected chi connectivity index (χ1v) is 5.60. The SMILES string of the molecule is NCCNC1CCS(=O)CC1. The molecule has 1 saturated heterocycles. The van der Waals surface area contributed by atoms with Crippen molar-refractivity contribution in [3.05, 3.63) is 0 Å². The number of nitrogens with two attached hydrogens (primary N) is 1. The maximum absolute atomic E-state index is 10.9. The minimum atomic E-state index is -0.538. The van der Waals surface area contributed by atoms with Crippen molar-refractivity contribution in [2.24, 2.45) is 5.73 Å². The monoisotopic (exact) mass is 176 g/mol. The summed E-state index contributed by atoms with van der Waals surface area (Å²) >= 11 is 0. The molecule has 3 nitrogen and oxygen atoms in total. The lowest BCUT2D eigenvalue weighted by atomic mass is 10.1. The van der Waals surface area contributed by atoms with Gasteiger partial charge in [0.2, 0.25) is 0 Å². The molecule has 66 valence electrons. The second-order valence-electron chi connectivity index (χ2n) is 2.87. The van der Waals surface area contributed by atoms with Crippen LogP contribution in [0.15, 0.2) is 0 Å². The van der Waals surface area contributed by atoms with Gasteiger partial charge in [-0.2, -0.15) is 0 Å². The van der Waals surface area contributed by atoms with Crippen molar-refractivity contribution in [2.75, 3.05) is 24.6 Å². The van der Waals surface area contributed by atoms with Gasteiger partial charge in [-0.15, -0.1) is 0 Å². The van der Waals surface area contributed by atoms with Crippen LogP contribution in [0, 0.1) is 0 Å². The smallest absolute Gasteiger partial charge is 0.0249 e. The molecular weight excluding hydrogens is 160 g/mol. The van der Waals surface area contributed by atoms with Crippen LogP contribution in [0.1, 0.15) is 12.8 Å². The Morgan fingerprint density at radius 2 is 2.09 bits per heavy atom. The highest BCUT2D eigenvalue weighted by Crippen LogP contribution is 2.08. The van der Waals surface area contributed by atoms with E-state index in [1.165, 1.54) is 0 Å². The minimum Gasteiger partial charge on any atom is -0.329 e. The van der Waals surface area contributed by atoms with Crippen LogP contribution in [0.3, 0.4) is 0 Å². The van der Waals surface area contributed by atoms with Crippen LogP contribution in [0.25, 0.3) is 0 Å². The molecule has 0 aliphatic carbocycles. The van der Waals surface area contributed by atoms with Gasteiger partial charge in [0, 0.05) is 41.4 Å². The average Bonchev–Trinajstić information content (AvgIpc) is 2.04. The summed E-state index contributed by atoms with van der Waals surface area (Å²) < 4.78 is 10.9. The van der Waals surface area contributed by atoms with Crippen molar-refractivity contribution in [1.82, 2.24) is 5.32 Å². The topological polar surface area (TPSA) is 55.1 Å². The maximum atomic E-state index is 10.9. The highest BCUT2D eigenvalue weighted by Gasteiger charge is 2.16. The van der Waals surface area contributed by atoms with Crippen LogP contribution in [0.2, 0.25) is 0 Å². The van der Waals surface area contributed by atoms with E-state index in [0.717, 1.165) is 30.9 Å². The molecule has 0 aromatic carbocycles. The number of rotatable bonds is 3. The van der Waals surface area contributed by atoms with Gasteiger partial charge in [-0.3, -0.25) is 4.21 Å². The van der Waals surface area contributed by atoms with E-state index in [4.69, 9.17) is 5.73 Å². The third-order valence-corrected chi connectivity index (χ3v) is 3.35. The van der Waals surface area contributed by atoms with Gasteiger partial charge in [-0.1, -0.05) is 0 Å². The molecule has 0 spiro atoms. The van der Waals surface area contributed by atoms with E-state index in [1.807, 2.05) is 0 Å². The summed E-state index contributed by atoms with van der Waals surface area (Å²) in [5.74, 6) is 1.73. The lowest BCUT2D eigenvalue weighted by Crippen LogP contribution is -2.38. The largest absolute Gasteiger partial charge is 0.329 e. The van der Waals surface area contributed by atoms with E-state index in [-0.39, 0.29) is 0 Å². The number of nitrogens with one attached hydrogen (secondary N) is 1. The fraction of sp³-hybridized carbons (Fsp3) is 1.00. The van der Waals surface area contributed by atoms with Crippen LogP contribution in [0.4, 0.5) is 0 Å². The second kappa shape index (κ2) is 4.85. The van der Waals surface area contributed by atoms with Crippen molar-refractivity contribution in [1.29, 1.82) is 0 Å². The lowest BCUT2D eigenvalue weighted by molar-refractivity contribution is 0.482. The summed E-state index contributed by atoms with van der Waals surface area (Å²) in [5, 5.41) is 3.33. The van der Waals surface area contributed by atoms with Gasteiger partial charge in [0.15, 0.2) is 0 Å². The van der Waals surface area contributed by atoms with Crippen LogP contribution in [-0.4, -0.2) is 34.8 Å². The van der Waals surface area contributed by atoms with E-state index in [9.17, 15) is 4.21 Å². The van der Waals surface area contributed by atoms with Gasteiger partial charge in [0.1, 0.15) is 0 Å². The predicted octanol–water partition coefficient (Wildman–Crippen LogP) is -0.554. The molecule has 0 atom stereocenters. The summed E-state index contributed by atoms with van der Waals surface area (Å²) in [6, 6.07) is 0.566. The van der Waals surface area contributed by atoms with Crippen LogP contribution >= 0.6 is 0 Å². The van der Waals surface area contributed by atoms with Crippen molar-refractivity contribution < 1.29 is 4.21 Å². The fourth-order valence-corrected chi connectivity index (χ4v) is 2.58. The Balaban J connectivity index is 2.12. The van der Waals surface area contributed by atoms with Gasteiger partial charge in [0.05, 0.1) is 0 Å². The average molecular weight is 176 g/mol. The quantitative estimate of drug-likeness (QED) is 0.606. The summed E-state index contributed by atoms with van der Waals surface area (Å²) in [4.78, 5) is 0. The van der Waals surface area contributed by atoms with E-state index in [0.29, 0.717) is 12.6 Å². The van der Waals surface area contributed by atoms with Crippen molar-refractivity contribution in [2.45, 2.75) is 18.9 Å². The van der Waals surface area contributed by atoms with Crippen molar-refractivity contribution >= 4 is 10.8 Å². The zero-order chi connectivity index (χ0) is 8.10. The molecule has 1 rings (SSSR count). The van der Waals surface area contributed by atoms with Crippen LogP contribution < -0.4 is 11.1 Å². The first kappa shape index (κ1) is 9.16. The molecule has 0 amide bonds. The Labute approximate surface area is 70.2 Å². The van der Waals surface area contributed by atoms with Crippen LogP contribution in [-0.2, 0) is 10.8 Å². The molecule has 0 unspecified atom stereocenters. The molecule has 0 saturated carbocycles. The highest BCUT2D eigenvalue weighted by atomic mass is 32.2. The first-order chi connectivity index (χ1) is 5.33. The third kappa shape index (κ3) is 3.31. The van der Waals surface area contributed by atoms with Gasteiger partial charge in [-0.25, -0.2) is 0 Å². The summed E-state index contributed by atoms with van der Waals surface area (Å²) in [5.41, 5.74) is 5.35. The van der Waals surface area contributed by atoms with Gasteiger partial charge < -0.3 is 11.1 Å². The lowest BCUT2D eigenvalue weighted by Gasteiger charge is -2.22. The van der Waals surface area contributed by atoms with E-state index in [1.54, 1.807) is 0 Å². The Morgan fingerprint density at radius 3 is 2.64 bits per heavy atom. The minimum absolute atomic E-state index is 0.538. The first-order valence-electron chi connectivity index (χ1n) is 4.11. The highest BCUT2D eigenvalue weighted by molar-refractivity contribution is 7.85. The number of hydrogen-bond acceptors (Lipinski definition) is 3. The Kier molecular flexibility index (Phi) is 4.04. The van der Waals surface area contributed by atoms with Gasteiger partial charge in [0.25, 0.3) is 0 Å². The molecular formula is C7H16N2OS. The summed E-state index contributed by atoms with van der Waals surface area (Å²) in [7, 11) is -0.538. The Hall–Kier alpha value is 0.0700. The molecule has 4 heteroatoms. The normalized spacial score (nSPS) is 32.1. The maximum Gasteiger partial charge on any atom is 0.0249 e. The summed E-state index contributed by atoms with van der Waals surface area (Å²) in [6.07, 6.45) is 2.10. The second-order valence-corrected chi connectivity index (χ2v) is 4.56. The Bertz CT molecular complexity index is 130. The van der Waals surface area contributed by atoms with E-state index < -0.39 is 10.8 Å². The molecule has 1 aliphatic rings. The van der Waals surface area contributed by atoms with E-state index in [2.05, 4.69) is 5.32 Å². The summed E-state index contributed by atoms with van der Waals surface area (Å²) in [6.45, 7) is 1.58. The van der Waals surface area contributed by atoms with Crippen molar-refractivity contribution in [3.63, 3.8) is 0 Å². The molecule has 0 aromatic heterocycles. The Morgan fingerprint density at radius 1 is 1.45 bits per heavy atom. The molecule has 3 N–H and O–H groups in total. The molecule has 1 aliphatic heterocycles. The van der Waals surface area contributed by atoms with E-state index >= 15 is 0 Å². The molecule has 0 bridgehead atoms. The van der Waals surface area contributed by atoms with Crippen LogP contribution in [0.5, 0.6) is 0 Å². The van der Waals surface area contributed by atoms with Gasteiger partial charge in [-0.05, 0) is 12.8 Å². The standard InChI is InChI=1S/C7H16N2OS/c8-3-4-9-7-1-5-11(10)6-2-7/h7,9H,1-6,8H2.